The van der Waals surface area contributed by atoms with Crippen LogP contribution in [0.5, 0.6) is 0 Å². The Balaban J connectivity index is 2.94. The predicted octanol–water partition coefficient (Wildman–Crippen LogP) is 1.88. The summed E-state index contributed by atoms with van der Waals surface area (Å²) in [6.45, 7) is 6.17. The molecule has 0 saturated heterocycles. The van der Waals surface area contributed by atoms with Crippen molar-refractivity contribution in [2.75, 3.05) is 10.6 Å². The van der Waals surface area contributed by atoms with E-state index in [0.717, 1.165) is 6.07 Å². The molecule has 1 rings (SSSR count). The maximum Gasteiger partial charge on any atom is 0.247 e. The molecule has 7 heteroatoms. The zero-order valence-electron chi connectivity index (χ0n) is 13.0. The molecule has 0 aliphatic heterocycles. The van der Waals surface area contributed by atoms with Gasteiger partial charge in [-0.15, -0.1) is 0 Å². The van der Waals surface area contributed by atoms with Crippen molar-refractivity contribution in [3.63, 3.8) is 0 Å². The van der Waals surface area contributed by atoms with Crippen molar-refractivity contribution in [1.29, 1.82) is 0 Å². The molecule has 3 N–H and O–H groups in total. The summed E-state index contributed by atoms with van der Waals surface area (Å²) in [6.07, 6.45) is 0. The van der Waals surface area contributed by atoms with E-state index in [1.807, 2.05) is 0 Å². The fourth-order valence-electron chi connectivity index (χ4n) is 1.87. The molecule has 0 aliphatic rings. The fourth-order valence-corrected chi connectivity index (χ4v) is 1.87. The van der Waals surface area contributed by atoms with E-state index >= 15 is 0 Å². The third-order valence-corrected chi connectivity index (χ3v) is 2.85. The van der Waals surface area contributed by atoms with Gasteiger partial charge >= 0.3 is 0 Å². The molecule has 120 valence electrons. The van der Waals surface area contributed by atoms with Gasteiger partial charge in [-0.2, -0.15) is 0 Å². The first kappa shape index (κ1) is 17.6. The minimum atomic E-state index is -0.777. The molecule has 3 amide bonds. The van der Waals surface area contributed by atoms with Crippen LogP contribution in [0.15, 0.2) is 18.2 Å². The molecule has 0 bridgehead atoms. The number of anilines is 2. The number of nitrogens with one attached hydrogen (secondary N) is 3. The van der Waals surface area contributed by atoms with Crippen LogP contribution < -0.4 is 16.0 Å². The number of carbonyl (C=O) groups is 3. The van der Waals surface area contributed by atoms with Gasteiger partial charge in [-0.1, -0.05) is 13.8 Å². The second kappa shape index (κ2) is 7.53. The highest BCUT2D eigenvalue weighted by Crippen LogP contribution is 2.20. The van der Waals surface area contributed by atoms with Gasteiger partial charge in [-0.05, 0) is 24.1 Å². The van der Waals surface area contributed by atoms with Gasteiger partial charge in [-0.3, -0.25) is 14.4 Å². The van der Waals surface area contributed by atoms with Gasteiger partial charge in [0.05, 0.1) is 5.69 Å². The van der Waals surface area contributed by atoms with Crippen molar-refractivity contribution in [2.24, 2.45) is 5.92 Å². The number of rotatable bonds is 5. The third-order valence-electron chi connectivity index (χ3n) is 2.85. The molecule has 1 unspecified atom stereocenters. The monoisotopic (exact) mass is 309 g/mol. The minimum Gasteiger partial charge on any atom is -0.344 e. The summed E-state index contributed by atoms with van der Waals surface area (Å²) >= 11 is 0. The molecule has 0 heterocycles. The highest BCUT2D eigenvalue weighted by Gasteiger charge is 2.23. The van der Waals surface area contributed by atoms with E-state index in [-0.39, 0.29) is 23.4 Å². The molecule has 0 aromatic heterocycles. The molecule has 0 aliphatic carbocycles. The van der Waals surface area contributed by atoms with E-state index in [1.165, 1.54) is 26.0 Å². The van der Waals surface area contributed by atoms with E-state index in [1.54, 1.807) is 13.8 Å². The number of carbonyl (C=O) groups excluding carboxylic acids is 3. The van der Waals surface area contributed by atoms with E-state index < -0.39 is 17.8 Å². The van der Waals surface area contributed by atoms with Crippen LogP contribution in [0.3, 0.4) is 0 Å². The Labute approximate surface area is 128 Å². The second-order valence-electron chi connectivity index (χ2n) is 5.29. The van der Waals surface area contributed by atoms with Crippen LogP contribution in [0, 0.1) is 11.7 Å². The van der Waals surface area contributed by atoms with E-state index in [0.29, 0.717) is 5.69 Å². The quantitative estimate of drug-likeness (QED) is 0.776. The zero-order valence-corrected chi connectivity index (χ0v) is 13.0. The molecule has 6 nitrogen and oxygen atoms in total. The van der Waals surface area contributed by atoms with Crippen molar-refractivity contribution in [2.45, 2.75) is 33.7 Å². The second-order valence-corrected chi connectivity index (χ2v) is 5.29. The summed E-state index contributed by atoms with van der Waals surface area (Å²) in [7, 11) is 0. The average Bonchev–Trinajstić information content (AvgIpc) is 2.38. The Hall–Kier alpha value is -2.44. The van der Waals surface area contributed by atoms with Crippen LogP contribution in [0.25, 0.3) is 0 Å². The number of amides is 3. The van der Waals surface area contributed by atoms with Crippen LogP contribution in [-0.4, -0.2) is 23.8 Å². The lowest BCUT2D eigenvalue weighted by Gasteiger charge is -2.21. The Morgan fingerprint density at radius 3 is 2.18 bits per heavy atom. The van der Waals surface area contributed by atoms with Crippen molar-refractivity contribution < 1.29 is 18.8 Å². The number of benzene rings is 1. The normalized spacial score (nSPS) is 11.7. The first-order valence-corrected chi connectivity index (χ1v) is 6.85. The van der Waals surface area contributed by atoms with Crippen molar-refractivity contribution in [3.05, 3.63) is 24.0 Å². The molecular weight excluding hydrogens is 289 g/mol. The van der Waals surface area contributed by atoms with Crippen molar-refractivity contribution >= 4 is 29.1 Å². The lowest BCUT2D eigenvalue weighted by Crippen LogP contribution is -2.46. The Morgan fingerprint density at radius 1 is 1.05 bits per heavy atom. The van der Waals surface area contributed by atoms with Crippen LogP contribution in [0.2, 0.25) is 0 Å². The molecule has 0 saturated carbocycles. The molecular formula is C15H20FN3O3. The largest absolute Gasteiger partial charge is 0.344 e. The van der Waals surface area contributed by atoms with Crippen molar-refractivity contribution in [1.82, 2.24) is 5.32 Å². The topological polar surface area (TPSA) is 87.3 Å². The van der Waals surface area contributed by atoms with Gasteiger partial charge in [0.1, 0.15) is 11.9 Å². The fraction of sp³-hybridized carbons (Fsp3) is 0.400. The van der Waals surface area contributed by atoms with E-state index in [9.17, 15) is 18.8 Å². The maximum atomic E-state index is 13.8. The minimum absolute atomic E-state index is 0.0627. The first-order valence-electron chi connectivity index (χ1n) is 6.85. The van der Waals surface area contributed by atoms with E-state index in [4.69, 9.17) is 0 Å². The summed E-state index contributed by atoms with van der Waals surface area (Å²) in [6, 6.07) is 3.07. The van der Waals surface area contributed by atoms with Crippen molar-refractivity contribution in [3.8, 4) is 0 Å². The maximum absolute atomic E-state index is 13.8. The molecule has 1 aromatic carbocycles. The lowest BCUT2D eigenvalue weighted by molar-refractivity contribution is -0.126. The van der Waals surface area contributed by atoms with Gasteiger partial charge < -0.3 is 16.0 Å². The Kier molecular flexibility index (Phi) is 6.03. The van der Waals surface area contributed by atoms with Crippen LogP contribution in [0.4, 0.5) is 15.8 Å². The third kappa shape index (κ3) is 5.16. The lowest BCUT2D eigenvalue weighted by atomic mass is 10.0. The van der Waals surface area contributed by atoms with Gasteiger partial charge in [0.15, 0.2) is 0 Å². The molecule has 1 atom stereocenters. The average molecular weight is 309 g/mol. The van der Waals surface area contributed by atoms with Crippen LogP contribution >= 0.6 is 0 Å². The summed E-state index contributed by atoms with van der Waals surface area (Å²) in [4.78, 5) is 34.4. The summed E-state index contributed by atoms with van der Waals surface area (Å²) < 4.78 is 13.8. The molecule has 0 fully saturated rings. The molecule has 22 heavy (non-hydrogen) atoms. The number of halogens is 1. The highest BCUT2D eigenvalue weighted by atomic mass is 19.1. The summed E-state index contributed by atoms with van der Waals surface area (Å²) in [5, 5.41) is 7.46. The Bertz CT molecular complexity index is 587. The SMILES string of the molecule is CC(=O)Nc1ccc(F)c(NC(=O)C(NC(C)=O)C(C)C)c1. The highest BCUT2D eigenvalue weighted by molar-refractivity contribution is 5.98. The standard InChI is InChI=1S/C15H20FN3O3/c1-8(2)14(18-10(4)21)15(22)19-13-7-11(17-9(3)20)5-6-12(13)16/h5-8,14H,1-4H3,(H,17,20)(H,18,21)(H,19,22). The van der Waals surface area contributed by atoms with Gasteiger partial charge in [0, 0.05) is 19.5 Å². The number of hydrogen-bond acceptors (Lipinski definition) is 3. The smallest absolute Gasteiger partial charge is 0.247 e. The number of hydrogen-bond donors (Lipinski definition) is 3. The van der Waals surface area contributed by atoms with Crippen LogP contribution in [-0.2, 0) is 14.4 Å². The Morgan fingerprint density at radius 2 is 1.68 bits per heavy atom. The zero-order chi connectivity index (χ0) is 16.9. The first-order chi connectivity index (χ1) is 10.2. The van der Waals surface area contributed by atoms with Gasteiger partial charge in [0.25, 0.3) is 0 Å². The molecule has 0 spiro atoms. The van der Waals surface area contributed by atoms with Crippen LogP contribution in [0.1, 0.15) is 27.7 Å². The molecule has 0 radical (unpaired) electrons. The predicted molar refractivity (Wildman–Crippen MR) is 81.8 cm³/mol. The summed E-state index contributed by atoms with van der Waals surface area (Å²) in [5.74, 6) is -1.97. The van der Waals surface area contributed by atoms with Gasteiger partial charge in [0.2, 0.25) is 17.7 Å². The summed E-state index contributed by atoms with van der Waals surface area (Å²) in [5.41, 5.74) is 0.303. The molecule has 1 aromatic rings. The van der Waals surface area contributed by atoms with Gasteiger partial charge in [-0.25, -0.2) is 4.39 Å². The van der Waals surface area contributed by atoms with E-state index in [2.05, 4.69) is 16.0 Å².